The SMILES string of the molecule is CCOc1ccccc1N(CC(=O)N(Cc1ccccc1F)[C@@H](C)C(=O)NC1CCCC1)S(=O)(=O)c1ccccc1. The van der Waals surface area contributed by atoms with Gasteiger partial charge in [-0.1, -0.05) is 61.4 Å². The van der Waals surface area contributed by atoms with Gasteiger partial charge in [-0.2, -0.15) is 0 Å². The number of benzene rings is 3. The van der Waals surface area contributed by atoms with Crippen LogP contribution in [-0.2, 0) is 26.2 Å². The zero-order chi connectivity index (χ0) is 29.4. The van der Waals surface area contributed by atoms with Gasteiger partial charge < -0.3 is 15.0 Å². The van der Waals surface area contributed by atoms with Crippen molar-refractivity contribution in [1.29, 1.82) is 0 Å². The molecule has 0 radical (unpaired) electrons. The van der Waals surface area contributed by atoms with Gasteiger partial charge in [-0.15, -0.1) is 0 Å². The molecule has 3 aromatic rings. The van der Waals surface area contributed by atoms with Crippen LogP contribution in [0.3, 0.4) is 0 Å². The fourth-order valence-corrected chi connectivity index (χ4v) is 6.40. The van der Waals surface area contributed by atoms with Crippen LogP contribution in [0.4, 0.5) is 10.1 Å². The molecule has 0 bridgehead atoms. The van der Waals surface area contributed by atoms with E-state index in [1.165, 1.54) is 23.1 Å². The Morgan fingerprint density at radius 1 is 0.976 bits per heavy atom. The van der Waals surface area contributed by atoms with Gasteiger partial charge >= 0.3 is 0 Å². The maximum atomic E-state index is 14.7. The summed E-state index contributed by atoms with van der Waals surface area (Å²) in [6.45, 7) is 2.79. The molecular formula is C31H36FN3O5S. The molecule has 4 rings (SSSR count). The molecule has 0 unspecified atom stereocenters. The Morgan fingerprint density at radius 2 is 1.61 bits per heavy atom. The summed E-state index contributed by atoms with van der Waals surface area (Å²) in [5.41, 5.74) is 0.397. The van der Waals surface area contributed by atoms with E-state index < -0.39 is 34.3 Å². The number of sulfonamides is 1. The molecule has 0 heterocycles. The van der Waals surface area contributed by atoms with E-state index in [2.05, 4.69) is 5.32 Å². The molecule has 8 nitrogen and oxygen atoms in total. The monoisotopic (exact) mass is 581 g/mol. The summed E-state index contributed by atoms with van der Waals surface area (Å²) in [4.78, 5) is 28.6. The lowest BCUT2D eigenvalue weighted by Crippen LogP contribution is -2.52. The topological polar surface area (TPSA) is 96.0 Å². The molecule has 0 spiro atoms. The lowest BCUT2D eigenvalue weighted by Gasteiger charge is -2.33. The van der Waals surface area contributed by atoms with Gasteiger partial charge in [-0.3, -0.25) is 13.9 Å². The second-order valence-corrected chi connectivity index (χ2v) is 11.9. The molecule has 10 heteroatoms. The Labute approximate surface area is 241 Å². The van der Waals surface area contributed by atoms with Gasteiger partial charge in [-0.05, 0) is 57.0 Å². The smallest absolute Gasteiger partial charge is 0.264 e. The highest BCUT2D eigenvalue weighted by Gasteiger charge is 2.34. The number of carbonyl (C=O) groups excluding carboxylic acids is 2. The van der Waals surface area contributed by atoms with E-state index in [9.17, 15) is 22.4 Å². The molecule has 1 N–H and O–H groups in total. The standard InChI is InChI=1S/C31H36FN3O5S/c1-3-40-29-20-12-11-19-28(29)35(41(38,39)26-16-5-4-6-17-26)22-30(36)34(21-24-13-7-10-18-27(24)32)23(2)31(37)33-25-14-8-9-15-25/h4-7,10-13,16-20,23,25H,3,8-9,14-15,21-22H2,1-2H3,(H,33,37)/t23-/m0/s1. The number of carbonyl (C=O) groups is 2. The van der Waals surface area contributed by atoms with E-state index >= 15 is 0 Å². The Bertz CT molecular complexity index is 1440. The quantitative estimate of drug-likeness (QED) is 0.329. The largest absolute Gasteiger partial charge is 0.492 e. The number of rotatable bonds is 12. The van der Waals surface area contributed by atoms with Gasteiger partial charge in [0.25, 0.3) is 10.0 Å². The first kappa shape index (κ1) is 30.0. The predicted molar refractivity (Wildman–Crippen MR) is 155 cm³/mol. The number of hydrogen-bond donors (Lipinski definition) is 1. The molecule has 0 saturated heterocycles. The Hall–Kier alpha value is -3.92. The third-order valence-corrected chi connectivity index (χ3v) is 8.99. The molecule has 41 heavy (non-hydrogen) atoms. The summed E-state index contributed by atoms with van der Waals surface area (Å²) in [5.74, 6) is -1.26. The van der Waals surface area contributed by atoms with Gasteiger partial charge in [0.15, 0.2) is 0 Å². The average molecular weight is 582 g/mol. The molecule has 1 saturated carbocycles. The van der Waals surface area contributed by atoms with Crippen molar-refractivity contribution in [1.82, 2.24) is 10.2 Å². The first-order valence-electron chi connectivity index (χ1n) is 13.8. The Balaban J connectivity index is 1.72. The van der Waals surface area contributed by atoms with Crippen molar-refractivity contribution < 1.29 is 27.1 Å². The van der Waals surface area contributed by atoms with E-state index in [1.54, 1.807) is 74.5 Å². The van der Waals surface area contributed by atoms with Gasteiger partial charge in [0, 0.05) is 18.2 Å². The number of nitrogens with zero attached hydrogens (tertiary/aromatic N) is 2. The van der Waals surface area contributed by atoms with Gasteiger partial charge in [0.1, 0.15) is 24.2 Å². The normalized spacial score (nSPS) is 14.3. The highest BCUT2D eigenvalue weighted by molar-refractivity contribution is 7.92. The minimum Gasteiger partial charge on any atom is -0.492 e. The lowest BCUT2D eigenvalue weighted by atomic mass is 10.1. The lowest BCUT2D eigenvalue weighted by molar-refractivity contribution is -0.139. The zero-order valence-electron chi connectivity index (χ0n) is 23.3. The van der Waals surface area contributed by atoms with Crippen LogP contribution in [-0.4, -0.2) is 50.4 Å². The summed E-state index contributed by atoms with van der Waals surface area (Å²) in [7, 11) is -4.24. The van der Waals surface area contributed by atoms with Crippen molar-refractivity contribution in [2.75, 3.05) is 17.5 Å². The number of ether oxygens (including phenoxy) is 1. The third kappa shape index (κ3) is 7.24. The zero-order valence-corrected chi connectivity index (χ0v) is 24.1. The van der Waals surface area contributed by atoms with Crippen molar-refractivity contribution in [2.45, 2.75) is 63.1 Å². The maximum Gasteiger partial charge on any atom is 0.264 e. The van der Waals surface area contributed by atoms with Crippen LogP contribution in [0.5, 0.6) is 5.75 Å². The van der Waals surface area contributed by atoms with E-state index in [0.717, 1.165) is 30.0 Å². The van der Waals surface area contributed by atoms with Crippen LogP contribution in [0.2, 0.25) is 0 Å². The van der Waals surface area contributed by atoms with Crippen LogP contribution < -0.4 is 14.4 Å². The van der Waals surface area contributed by atoms with E-state index in [4.69, 9.17) is 4.74 Å². The molecule has 0 aromatic heterocycles. The number of halogens is 1. The van der Waals surface area contributed by atoms with Gasteiger partial charge in [0.05, 0.1) is 17.2 Å². The van der Waals surface area contributed by atoms with E-state index in [0.29, 0.717) is 0 Å². The number of para-hydroxylation sites is 2. The van der Waals surface area contributed by atoms with Crippen molar-refractivity contribution in [3.8, 4) is 5.75 Å². The Morgan fingerprint density at radius 3 is 2.29 bits per heavy atom. The van der Waals surface area contributed by atoms with Crippen molar-refractivity contribution in [3.05, 3.63) is 90.2 Å². The minimum absolute atomic E-state index is 0.00761. The predicted octanol–water partition coefficient (Wildman–Crippen LogP) is 4.90. The maximum absolute atomic E-state index is 14.7. The molecule has 0 aliphatic heterocycles. The van der Waals surface area contributed by atoms with Crippen molar-refractivity contribution >= 4 is 27.5 Å². The number of hydrogen-bond acceptors (Lipinski definition) is 5. The fraction of sp³-hybridized carbons (Fsp3) is 0.355. The Kier molecular flexibility index (Phi) is 9.99. The summed E-state index contributed by atoms with van der Waals surface area (Å²) < 4.78 is 49.3. The molecule has 1 fully saturated rings. The van der Waals surface area contributed by atoms with Crippen LogP contribution in [0.15, 0.2) is 83.8 Å². The molecule has 1 aliphatic rings. The van der Waals surface area contributed by atoms with E-state index in [-0.39, 0.29) is 47.0 Å². The van der Waals surface area contributed by atoms with Crippen molar-refractivity contribution in [3.63, 3.8) is 0 Å². The second-order valence-electron chi connectivity index (χ2n) is 10.0. The molecule has 1 aliphatic carbocycles. The number of nitrogens with one attached hydrogen (secondary N) is 1. The highest BCUT2D eigenvalue weighted by atomic mass is 32.2. The summed E-state index contributed by atoms with van der Waals surface area (Å²) >= 11 is 0. The summed E-state index contributed by atoms with van der Waals surface area (Å²) in [6, 6.07) is 19.4. The van der Waals surface area contributed by atoms with Crippen LogP contribution in [0, 0.1) is 5.82 Å². The summed E-state index contributed by atoms with van der Waals surface area (Å²) in [5, 5.41) is 3.00. The molecular weight excluding hydrogens is 545 g/mol. The van der Waals surface area contributed by atoms with Crippen LogP contribution in [0.1, 0.15) is 45.1 Å². The first-order valence-corrected chi connectivity index (χ1v) is 15.3. The third-order valence-electron chi connectivity index (χ3n) is 7.21. The van der Waals surface area contributed by atoms with Crippen molar-refractivity contribution in [2.24, 2.45) is 0 Å². The molecule has 1 atom stereocenters. The number of anilines is 1. The molecule has 218 valence electrons. The molecule has 2 amide bonds. The second kappa shape index (κ2) is 13.6. The van der Waals surface area contributed by atoms with Crippen LogP contribution >= 0.6 is 0 Å². The first-order chi connectivity index (χ1) is 19.7. The van der Waals surface area contributed by atoms with Crippen LogP contribution in [0.25, 0.3) is 0 Å². The highest BCUT2D eigenvalue weighted by Crippen LogP contribution is 2.33. The van der Waals surface area contributed by atoms with E-state index in [1.807, 2.05) is 0 Å². The summed E-state index contributed by atoms with van der Waals surface area (Å²) in [6.07, 6.45) is 3.75. The molecule has 3 aromatic carbocycles. The average Bonchev–Trinajstić information content (AvgIpc) is 3.49. The minimum atomic E-state index is -4.24. The number of amides is 2. The van der Waals surface area contributed by atoms with Gasteiger partial charge in [0.2, 0.25) is 11.8 Å². The van der Waals surface area contributed by atoms with Gasteiger partial charge in [-0.25, -0.2) is 12.8 Å². The fourth-order valence-electron chi connectivity index (χ4n) is 4.96.